The number of esters is 1. The summed E-state index contributed by atoms with van der Waals surface area (Å²) in [5.74, 6) is -2.92. The van der Waals surface area contributed by atoms with Crippen LogP contribution in [-0.4, -0.2) is 77.1 Å². The molecule has 2 heterocycles. The first kappa shape index (κ1) is 36.5. The first-order chi connectivity index (χ1) is 22.7. The number of fused-ring (bicyclic) bond motifs is 1. The van der Waals surface area contributed by atoms with Gasteiger partial charge in [0, 0.05) is 49.5 Å². The number of aromatic hydroxyl groups is 1. The van der Waals surface area contributed by atoms with Crippen LogP contribution in [0.4, 0.5) is 0 Å². The van der Waals surface area contributed by atoms with E-state index in [2.05, 4.69) is 15.6 Å². The predicted octanol–water partition coefficient (Wildman–Crippen LogP) is 4.83. The zero-order chi connectivity index (χ0) is 35.3. The maximum Gasteiger partial charge on any atom is 0.338 e. The number of rotatable bonds is 4. The zero-order valence-electron chi connectivity index (χ0n) is 28.4. The van der Waals surface area contributed by atoms with Crippen molar-refractivity contribution in [2.75, 3.05) is 14.2 Å². The van der Waals surface area contributed by atoms with Crippen LogP contribution < -0.4 is 10.6 Å². The quantitative estimate of drug-likeness (QED) is 0.228. The van der Waals surface area contributed by atoms with E-state index in [4.69, 9.17) is 21.1 Å². The van der Waals surface area contributed by atoms with E-state index in [1.54, 1.807) is 27.0 Å². The molecule has 4 rings (SSSR count). The van der Waals surface area contributed by atoms with Gasteiger partial charge in [-0.1, -0.05) is 61.4 Å². The van der Waals surface area contributed by atoms with Gasteiger partial charge in [-0.3, -0.25) is 14.4 Å². The Bertz CT molecular complexity index is 1690. The van der Waals surface area contributed by atoms with Crippen LogP contribution in [0.2, 0.25) is 5.02 Å². The number of benzene rings is 2. The van der Waals surface area contributed by atoms with Gasteiger partial charge in [-0.15, -0.1) is 0 Å². The smallest absolute Gasteiger partial charge is 0.338 e. The van der Waals surface area contributed by atoms with Crippen molar-refractivity contribution in [1.29, 1.82) is 0 Å². The predicted molar refractivity (Wildman–Crippen MR) is 183 cm³/mol. The third-order valence-electron chi connectivity index (χ3n) is 9.02. The van der Waals surface area contributed by atoms with E-state index in [0.29, 0.717) is 12.0 Å². The summed E-state index contributed by atoms with van der Waals surface area (Å²) in [7, 11) is 2.85. The van der Waals surface area contributed by atoms with Crippen LogP contribution in [0.5, 0.6) is 5.75 Å². The third kappa shape index (κ3) is 8.38. The molecule has 0 spiro atoms. The number of phenolic OH excluding ortho intramolecular Hbond substituents is 1. The van der Waals surface area contributed by atoms with Gasteiger partial charge in [0.2, 0.25) is 17.7 Å². The minimum Gasteiger partial charge on any atom is -0.506 e. The standard InChI is InChI=1S/C36H45ClN4O7/c1-19-14-20(2)23(5)48-36(46)32(47-7)31(24-12-13-30(42)27(37)16-24)40-34(44)29(17-25-18-38-28-11-9-8-10-26(25)28)41(6)35(45)22(4)39-33(43)21(3)15-19/h8-14,16,18,20-23,29,31-32,38,42H,15,17H2,1-7H3,(H,39,43)(H,40,44)/b19-14+/t20-,21+,22+,23-,29-,31+,32+/m1/s1. The number of hydrogen-bond donors (Lipinski definition) is 4. The number of hydrogen-bond acceptors (Lipinski definition) is 7. The van der Waals surface area contributed by atoms with Crippen LogP contribution in [0.25, 0.3) is 10.9 Å². The maximum atomic E-state index is 14.4. The maximum absolute atomic E-state index is 14.4. The second-order valence-electron chi connectivity index (χ2n) is 12.7. The van der Waals surface area contributed by atoms with Gasteiger partial charge < -0.3 is 35.1 Å². The largest absolute Gasteiger partial charge is 0.506 e. The molecule has 0 unspecified atom stereocenters. The van der Waals surface area contributed by atoms with Crippen LogP contribution in [0.15, 0.2) is 60.3 Å². The van der Waals surface area contributed by atoms with Gasteiger partial charge in [0.05, 0.1) is 11.1 Å². The topological polar surface area (TPSA) is 150 Å². The van der Waals surface area contributed by atoms with Crippen molar-refractivity contribution in [3.8, 4) is 5.75 Å². The summed E-state index contributed by atoms with van der Waals surface area (Å²) in [4.78, 5) is 59.7. The Morgan fingerprint density at radius 1 is 1.02 bits per heavy atom. The SMILES string of the molecule is CO[C@@H]1C(=O)O[C@H](C)[C@H](C)/C=C(\C)C[C@H](C)C(=O)N[C@@H](C)C(=O)N(C)[C@H](Cc2c[nH]c3ccccc23)C(=O)N[C@H]1c1ccc(O)c(Cl)c1. The van der Waals surface area contributed by atoms with Gasteiger partial charge in [-0.25, -0.2) is 4.79 Å². The molecule has 4 N–H and O–H groups in total. The molecule has 0 bridgehead atoms. The van der Waals surface area contributed by atoms with E-state index in [-0.39, 0.29) is 29.0 Å². The van der Waals surface area contributed by atoms with E-state index in [1.807, 2.05) is 44.2 Å². The van der Waals surface area contributed by atoms with Crippen molar-refractivity contribution in [2.45, 2.75) is 77.8 Å². The molecule has 2 aromatic carbocycles. The monoisotopic (exact) mass is 680 g/mol. The Labute approximate surface area is 286 Å². The molecule has 0 saturated heterocycles. The van der Waals surface area contributed by atoms with E-state index >= 15 is 0 Å². The lowest BCUT2D eigenvalue weighted by molar-refractivity contribution is -0.164. The highest BCUT2D eigenvalue weighted by Crippen LogP contribution is 2.30. The van der Waals surface area contributed by atoms with Gasteiger partial charge in [-0.05, 0) is 56.5 Å². The second kappa shape index (κ2) is 15.7. The minimum absolute atomic E-state index is 0.00784. The molecule has 12 heteroatoms. The van der Waals surface area contributed by atoms with Crippen molar-refractivity contribution in [2.24, 2.45) is 11.8 Å². The molecule has 48 heavy (non-hydrogen) atoms. The van der Waals surface area contributed by atoms with Gasteiger partial charge in [0.1, 0.15) is 23.9 Å². The molecular weight excluding hydrogens is 636 g/mol. The normalized spacial score (nSPS) is 28.1. The Hall–Kier alpha value is -4.35. The first-order valence-electron chi connectivity index (χ1n) is 16.0. The lowest BCUT2D eigenvalue weighted by Gasteiger charge is -2.33. The fourth-order valence-electron chi connectivity index (χ4n) is 6.04. The molecule has 258 valence electrons. The number of H-pyrrole nitrogens is 1. The number of para-hydroxylation sites is 1. The second-order valence-corrected chi connectivity index (χ2v) is 13.1. The number of carbonyl (C=O) groups is 4. The number of aromatic amines is 1. The highest BCUT2D eigenvalue weighted by atomic mass is 35.5. The average Bonchev–Trinajstić information content (AvgIpc) is 3.46. The minimum atomic E-state index is -1.32. The van der Waals surface area contributed by atoms with E-state index < -0.39 is 54.0 Å². The fraction of sp³-hybridized carbons (Fsp3) is 0.444. The lowest BCUT2D eigenvalue weighted by atomic mass is 9.95. The van der Waals surface area contributed by atoms with Gasteiger partial charge in [0.25, 0.3) is 0 Å². The zero-order valence-corrected chi connectivity index (χ0v) is 29.1. The molecular formula is C36H45ClN4O7. The van der Waals surface area contributed by atoms with E-state index in [0.717, 1.165) is 22.0 Å². The van der Waals surface area contributed by atoms with E-state index in [9.17, 15) is 24.3 Å². The number of allylic oxidation sites excluding steroid dienone is 1. The number of carbonyl (C=O) groups excluding carboxylic acids is 4. The molecule has 11 nitrogen and oxygen atoms in total. The van der Waals surface area contributed by atoms with Crippen molar-refractivity contribution in [3.05, 3.63) is 76.5 Å². The number of halogens is 1. The highest BCUT2D eigenvalue weighted by Gasteiger charge is 2.38. The Kier molecular flexibility index (Phi) is 11.9. The molecule has 1 aromatic heterocycles. The first-order valence-corrected chi connectivity index (χ1v) is 16.4. The summed E-state index contributed by atoms with van der Waals surface area (Å²) in [5.41, 5.74) is 2.95. The number of amides is 3. The van der Waals surface area contributed by atoms with Crippen LogP contribution in [-0.2, 0) is 35.1 Å². The number of ether oxygens (including phenoxy) is 2. The Balaban J connectivity index is 1.82. The summed E-state index contributed by atoms with van der Waals surface area (Å²) >= 11 is 6.28. The van der Waals surface area contributed by atoms with Crippen LogP contribution in [0.1, 0.15) is 58.2 Å². The molecule has 0 radical (unpaired) electrons. The fourth-order valence-corrected chi connectivity index (χ4v) is 6.23. The van der Waals surface area contributed by atoms with Crippen molar-refractivity contribution < 1.29 is 33.8 Å². The average molecular weight is 681 g/mol. The molecule has 0 aliphatic carbocycles. The summed E-state index contributed by atoms with van der Waals surface area (Å²) in [6.45, 7) is 8.94. The van der Waals surface area contributed by atoms with Crippen LogP contribution >= 0.6 is 11.6 Å². The number of nitrogens with zero attached hydrogens (tertiary/aromatic N) is 1. The van der Waals surface area contributed by atoms with Gasteiger partial charge in [-0.2, -0.15) is 0 Å². The Morgan fingerprint density at radius 3 is 2.42 bits per heavy atom. The van der Waals surface area contributed by atoms with Gasteiger partial charge >= 0.3 is 5.97 Å². The lowest BCUT2D eigenvalue weighted by Crippen LogP contribution is -2.56. The molecule has 0 saturated carbocycles. The molecule has 3 aromatic rings. The highest BCUT2D eigenvalue weighted by molar-refractivity contribution is 6.32. The summed E-state index contributed by atoms with van der Waals surface area (Å²) in [6, 6.07) is 8.79. The van der Waals surface area contributed by atoms with Crippen molar-refractivity contribution in [3.63, 3.8) is 0 Å². The van der Waals surface area contributed by atoms with Crippen molar-refractivity contribution >= 4 is 46.2 Å². The molecule has 3 amide bonds. The number of phenols is 1. The van der Waals surface area contributed by atoms with E-state index in [1.165, 1.54) is 37.3 Å². The van der Waals surface area contributed by atoms with Crippen LogP contribution in [0, 0.1) is 11.8 Å². The number of aromatic nitrogens is 1. The number of likely N-dealkylation sites (N-methyl/N-ethyl adjacent to an activating group) is 1. The number of cyclic esters (lactones) is 1. The summed E-state index contributed by atoms with van der Waals surface area (Å²) < 4.78 is 11.6. The number of methoxy groups -OCH3 is 1. The summed E-state index contributed by atoms with van der Waals surface area (Å²) in [5, 5.41) is 16.8. The Morgan fingerprint density at radius 2 is 1.73 bits per heavy atom. The number of nitrogens with one attached hydrogen (secondary N) is 3. The third-order valence-corrected chi connectivity index (χ3v) is 9.32. The molecule has 0 fully saturated rings. The molecule has 1 aliphatic heterocycles. The van der Waals surface area contributed by atoms with Gasteiger partial charge in [0.15, 0.2) is 6.10 Å². The molecule has 7 atom stereocenters. The molecule has 1 aliphatic rings. The van der Waals surface area contributed by atoms with Crippen molar-refractivity contribution in [1.82, 2.24) is 20.5 Å². The summed E-state index contributed by atoms with van der Waals surface area (Å²) in [6.07, 6.45) is 2.39. The van der Waals surface area contributed by atoms with Crippen LogP contribution in [0.3, 0.4) is 0 Å².